The third-order valence-electron chi connectivity index (χ3n) is 5.05. The van der Waals surface area contributed by atoms with E-state index in [-0.39, 0.29) is 41.9 Å². The minimum Gasteiger partial charge on any atom is -0.295 e. The Labute approximate surface area is 115 Å². The maximum absolute atomic E-state index is 12.6. The van der Waals surface area contributed by atoms with E-state index in [0.717, 1.165) is 17.7 Å². The van der Waals surface area contributed by atoms with Crippen LogP contribution >= 0.6 is 0 Å². The summed E-state index contributed by atoms with van der Waals surface area (Å²) in [6.07, 6.45) is 5.81. The third-order valence-corrected chi connectivity index (χ3v) is 5.05. The van der Waals surface area contributed by atoms with Gasteiger partial charge in [-0.1, -0.05) is 12.2 Å². The molecule has 5 atom stereocenters. The van der Waals surface area contributed by atoms with Crippen molar-refractivity contribution in [3.8, 4) is 0 Å². The first-order chi connectivity index (χ1) is 9.58. The first-order valence-electron chi connectivity index (χ1n) is 6.97. The smallest absolute Gasteiger partial charge is 0.250 e. The van der Waals surface area contributed by atoms with Crippen LogP contribution in [0.25, 0.3) is 0 Å². The molecule has 20 heavy (non-hydrogen) atoms. The number of imide groups is 2. The van der Waals surface area contributed by atoms with Crippen molar-refractivity contribution in [2.24, 2.45) is 23.7 Å². The number of carbonyl (C=O) groups is 4. The van der Waals surface area contributed by atoms with Gasteiger partial charge in [0.25, 0.3) is 0 Å². The van der Waals surface area contributed by atoms with E-state index in [0.29, 0.717) is 0 Å². The average Bonchev–Trinajstić information content (AvgIpc) is 2.90. The van der Waals surface area contributed by atoms with E-state index in [1.807, 2.05) is 12.2 Å². The van der Waals surface area contributed by atoms with Gasteiger partial charge >= 0.3 is 0 Å². The normalized spacial score (nSPS) is 42.4. The monoisotopic (exact) mass is 274 g/mol. The molecule has 2 bridgehead atoms. The number of allylic oxidation sites excluding steroid dienone is 2. The van der Waals surface area contributed by atoms with E-state index < -0.39 is 17.9 Å². The number of amides is 4. The molecule has 6 nitrogen and oxygen atoms in total. The Bertz CT molecular complexity index is 550. The molecule has 6 heteroatoms. The minimum absolute atomic E-state index is 0.0987. The van der Waals surface area contributed by atoms with Crippen LogP contribution in [0.3, 0.4) is 0 Å². The van der Waals surface area contributed by atoms with Gasteiger partial charge in [-0.05, 0) is 24.7 Å². The zero-order valence-corrected chi connectivity index (χ0v) is 10.7. The van der Waals surface area contributed by atoms with Gasteiger partial charge in [0.2, 0.25) is 23.6 Å². The summed E-state index contributed by atoms with van der Waals surface area (Å²) < 4.78 is 0. The first kappa shape index (κ1) is 11.8. The van der Waals surface area contributed by atoms with Gasteiger partial charge in [0.05, 0.1) is 18.3 Å². The molecule has 3 fully saturated rings. The Kier molecular flexibility index (Phi) is 2.23. The highest BCUT2D eigenvalue weighted by Crippen LogP contribution is 2.50. The van der Waals surface area contributed by atoms with Gasteiger partial charge < -0.3 is 0 Å². The van der Waals surface area contributed by atoms with E-state index in [1.54, 1.807) is 0 Å². The largest absolute Gasteiger partial charge is 0.295 e. The Balaban J connectivity index is 1.71. The molecule has 3 aliphatic carbocycles. The number of hydrogen-bond donors (Lipinski definition) is 1. The summed E-state index contributed by atoms with van der Waals surface area (Å²) in [5.74, 6) is -1.93. The zero-order chi connectivity index (χ0) is 14.0. The molecule has 5 aliphatic rings. The molecule has 0 unspecified atom stereocenters. The molecule has 2 aliphatic heterocycles. The molecular weight excluding hydrogens is 260 g/mol. The lowest BCUT2D eigenvalue weighted by Gasteiger charge is -2.38. The maximum Gasteiger partial charge on any atom is 0.250 e. The molecule has 1 N–H and O–H groups in total. The van der Waals surface area contributed by atoms with Crippen LogP contribution in [0.2, 0.25) is 0 Å². The molecule has 0 aromatic rings. The molecule has 1 saturated carbocycles. The Morgan fingerprint density at radius 2 is 1.50 bits per heavy atom. The van der Waals surface area contributed by atoms with Gasteiger partial charge in [-0.25, -0.2) is 0 Å². The topological polar surface area (TPSA) is 83.6 Å². The van der Waals surface area contributed by atoms with Gasteiger partial charge in [-0.2, -0.15) is 0 Å². The second-order valence-electron chi connectivity index (χ2n) is 6.02. The van der Waals surface area contributed by atoms with Crippen LogP contribution in [0.15, 0.2) is 12.2 Å². The summed E-state index contributed by atoms with van der Waals surface area (Å²) in [6.45, 7) is 0. The van der Waals surface area contributed by atoms with Crippen molar-refractivity contribution < 1.29 is 19.2 Å². The van der Waals surface area contributed by atoms with Crippen LogP contribution < -0.4 is 5.32 Å². The highest BCUT2D eigenvalue weighted by Gasteiger charge is 2.59. The maximum atomic E-state index is 12.6. The fourth-order valence-electron chi connectivity index (χ4n) is 4.15. The second-order valence-corrected chi connectivity index (χ2v) is 6.02. The molecule has 0 spiro atoms. The lowest BCUT2D eigenvalue weighted by molar-refractivity contribution is -0.146. The summed E-state index contributed by atoms with van der Waals surface area (Å²) in [5, 5.41) is 2.16. The van der Waals surface area contributed by atoms with Gasteiger partial charge in [0.1, 0.15) is 6.04 Å². The van der Waals surface area contributed by atoms with Crippen LogP contribution in [-0.2, 0) is 19.2 Å². The molecule has 2 heterocycles. The second kappa shape index (κ2) is 3.77. The quantitative estimate of drug-likeness (QED) is 0.521. The fourth-order valence-corrected chi connectivity index (χ4v) is 4.15. The molecule has 2 saturated heterocycles. The summed E-state index contributed by atoms with van der Waals surface area (Å²) in [6, 6.07) is -0.938. The summed E-state index contributed by atoms with van der Waals surface area (Å²) in [7, 11) is 0. The predicted molar refractivity (Wildman–Crippen MR) is 65.7 cm³/mol. The van der Waals surface area contributed by atoms with E-state index in [1.165, 1.54) is 0 Å². The van der Waals surface area contributed by atoms with Crippen LogP contribution in [0.5, 0.6) is 0 Å². The zero-order valence-electron chi connectivity index (χ0n) is 10.7. The van der Waals surface area contributed by atoms with Crippen molar-refractivity contribution in [3.63, 3.8) is 0 Å². The van der Waals surface area contributed by atoms with Crippen LogP contribution in [-0.4, -0.2) is 34.6 Å². The van der Waals surface area contributed by atoms with Crippen molar-refractivity contribution >= 4 is 23.6 Å². The number of likely N-dealkylation sites (tertiary alicyclic amines) is 1. The number of nitrogens with zero attached hydrogens (tertiary/aromatic N) is 1. The summed E-state index contributed by atoms with van der Waals surface area (Å²) in [5.41, 5.74) is 0. The lowest BCUT2D eigenvalue weighted by atomic mass is 9.63. The van der Waals surface area contributed by atoms with Crippen molar-refractivity contribution in [2.45, 2.75) is 25.3 Å². The van der Waals surface area contributed by atoms with E-state index in [2.05, 4.69) is 5.32 Å². The van der Waals surface area contributed by atoms with Crippen molar-refractivity contribution in [1.82, 2.24) is 10.2 Å². The minimum atomic E-state index is -0.938. The molecule has 104 valence electrons. The fraction of sp³-hybridized carbons (Fsp3) is 0.571. The van der Waals surface area contributed by atoms with E-state index >= 15 is 0 Å². The molecule has 0 radical (unpaired) electrons. The summed E-state index contributed by atoms with van der Waals surface area (Å²) >= 11 is 0. The molecule has 0 aromatic carbocycles. The lowest BCUT2D eigenvalue weighted by Crippen LogP contribution is -2.45. The van der Waals surface area contributed by atoms with E-state index in [4.69, 9.17) is 0 Å². The molecule has 4 amide bonds. The average molecular weight is 274 g/mol. The number of rotatable bonds is 1. The van der Waals surface area contributed by atoms with Gasteiger partial charge in [-0.15, -0.1) is 0 Å². The number of carbonyl (C=O) groups excluding carboxylic acids is 4. The van der Waals surface area contributed by atoms with Crippen LogP contribution in [0, 0.1) is 23.7 Å². The SMILES string of the molecule is O=C1C[C@@H](N2C(=O)[C@H]3[C@H](C2=O)[C@@H]2C=C[C@@H]3CC2)C(=O)N1. The number of nitrogens with one attached hydrogen (secondary N) is 1. The van der Waals surface area contributed by atoms with Crippen LogP contribution in [0.4, 0.5) is 0 Å². The molecule has 5 rings (SSSR count). The van der Waals surface area contributed by atoms with Crippen molar-refractivity contribution in [2.75, 3.05) is 0 Å². The van der Waals surface area contributed by atoms with E-state index in [9.17, 15) is 19.2 Å². The molecule has 0 aromatic heterocycles. The number of hydrogen-bond acceptors (Lipinski definition) is 4. The van der Waals surface area contributed by atoms with Crippen molar-refractivity contribution in [3.05, 3.63) is 12.2 Å². The Hall–Kier alpha value is -1.98. The number of fused-ring (bicyclic) bond motifs is 1. The van der Waals surface area contributed by atoms with Gasteiger partial charge in [0.15, 0.2) is 0 Å². The molecular formula is C14H14N2O4. The Morgan fingerprint density at radius 1 is 0.950 bits per heavy atom. The third kappa shape index (κ3) is 1.34. The predicted octanol–water partition coefficient (Wildman–Crippen LogP) is -0.401. The highest BCUT2D eigenvalue weighted by atomic mass is 16.2. The Morgan fingerprint density at radius 3 is 1.90 bits per heavy atom. The van der Waals surface area contributed by atoms with Gasteiger partial charge in [0, 0.05) is 0 Å². The standard InChI is InChI=1S/C14H14N2O4/c17-9-5-8(12(18)15-9)16-13(19)10-6-1-2-7(4-3-6)11(10)14(16)20/h1-2,6-8,10-11H,3-5H2,(H,15,17,18)/t6-,7-,8-,10-,11-/m1/s1. The van der Waals surface area contributed by atoms with Crippen molar-refractivity contribution in [1.29, 1.82) is 0 Å². The van der Waals surface area contributed by atoms with Crippen LogP contribution in [0.1, 0.15) is 19.3 Å². The first-order valence-corrected chi connectivity index (χ1v) is 6.97. The summed E-state index contributed by atoms with van der Waals surface area (Å²) in [4.78, 5) is 49.2. The highest BCUT2D eigenvalue weighted by molar-refractivity contribution is 6.13. The van der Waals surface area contributed by atoms with Gasteiger partial charge in [-0.3, -0.25) is 29.4 Å².